The molecule has 1 aromatic carbocycles. The summed E-state index contributed by atoms with van der Waals surface area (Å²) < 4.78 is 3.97. The van der Waals surface area contributed by atoms with Gasteiger partial charge in [-0.2, -0.15) is 4.37 Å². The average Bonchev–Trinajstić information content (AvgIpc) is 3.24. The Morgan fingerprint density at radius 3 is 2.29 bits per heavy atom. The average molecular weight is 495 g/mol. The highest BCUT2D eigenvalue weighted by Gasteiger charge is 2.36. The predicted octanol–water partition coefficient (Wildman–Crippen LogP) is 3.33. The number of amides is 3. The molecule has 0 aliphatic heterocycles. The van der Waals surface area contributed by atoms with Crippen molar-refractivity contribution in [1.29, 1.82) is 0 Å². The van der Waals surface area contributed by atoms with Crippen LogP contribution in [-0.2, 0) is 11.2 Å². The molecule has 10 heteroatoms. The molecule has 3 aromatic rings. The lowest BCUT2D eigenvalue weighted by Gasteiger charge is -2.31. The molecule has 1 atom stereocenters. The number of nitrogen functional groups attached to an aromatic ring is 1. The number of nitrogens with two attached hydrogens (primary N) is 2. The fourth-order valence-electron chi connectivity index (χ4n) is 3.56. The molecule has 35 heavy (non-hydrogen) atoms. The number of hydrogen-bond donors (Lipinski definition) is 3. The van der Waals surface area contributed by atoms with Crippen LogP contribution in [0, 0.1) is 5.92 Å². The molecule has 0 fully saturated rings. The van der Waals surface area contributed by atoms with Crippen LogP contribution in [0.3, 0.4) is 0 Å². The number of primary amides is 1. The van der Waals surface area contributed by atoms with Crippen LogP contribution in [-0.4, -0.2) is 33.6 Å². The van der Waals surface area contributed by atoms with Gasteiger partial charge in [-0.25, -0.2) is 0 Å². The number of benzene rings is 1. The Morgan fingerprint density at radius 2 is 1.74 bits per heavy atom. The topological polar surface area (TPSA) is 144 Å². The quantitative estimate of drug-likeness (QED) is 0.394. The van der Waals surface area contributed by atoms with Gasteiger partial charge in [0.15, 0.2) is 5.69 Å². The summed E-state index contributed by atoms with van der Waals surface area (Å²) in [5.41, 5.74) is 13.3. The Morgan fingerprint density at radius 1 is 1.09 bits per heavy atom. The van der Waals surface area contributed by atoms with Gasteiger partial charge in [0, 0.05) is 24.6 Å². The fourth-order valence-corrected chi connectivity index (χ4v) is 4.30. The molecule has 1 unspecified atom stereocenters. The second-order valence-electron chi connectivity index (χ2n) is 8.49. The summed E-state index contributed by atoms with van der Waals surface area (Å²) in [7, 11) is 0. The molecule has 0 aliphatic carbocycles. The number of carbonyl (C=O) groups excluding carboxylic acids is 3. The van der Waals surface area contributed by atoms with E-state index < -0.39 is 17.9 Å². The molecular weight excluding hydrogens is 464 g/mol. The second kappa shape index (κ2) is 11.6. The van der Waals surface area contributed by atoms with Gasteiger partial charge in [-0.3, -0.25) is 24.3 Å². The van der Waals surface area contributed by atoms with Crippen LogP contribution >= 0.6 is 11.5 Å². The molecule has 3 amide bonds. The molecule has 0 saturated carbocycles. The second-order valence-corrected chi connectivity index (χ2v) is 9.26. The molecule has 0 spiro atoms. The van der Waals surface area contributed by atoms with E-state index in [1.807, 2.05) is 19.1 Å². The maximum Gasteiger partial charge on any atom is 0.273 e. The van der Waals surface area contributed by atoms with E-state index in [2.05, 4.69) is 28.5 Å². The third kappa shape index (κ3) is 6.02. The highest BCUT2D eigenvalue weighted by atomic mass is 32.1. The van der Waals surface area contributed by atoms with Crippen molar-refractivity contribution < 1.29 is 14.4 Å². The molecular formula is C25H30N6O3S. The van der Waals surface area contributed by atoms with Crippen LogP contribution in [0.2, 0.25) is 0 Å². The number of pyridine rings is 1. The van der Waals surface area contributed by atoms with Crippen molar-refractivity contribution in [3.8, 4) is 0 Å². The zero-order chi connectivity index (χ0) is 25.5. The summed E-state index contributed by atoms with van der Waals surface area (Å²) in [6.45, 7) is 6.63. The number of nitrogens with one attached hydrogen (secondary N) is 1. The van der Waals surface area contributed by atoms with E-state index in [0.717, 1.165) is 29.9 Å². The Kier molecular flexibility index (Phi) is 8.53. The lowest BCUT2D eigenvalue weighted by molar-refractivity contribution is -0.122. The smallest absolute Gasteiger partial charge is 0.273 e. The number of nitrogens with zero attached hydrogens (tertiary/aromatic N) is 3. The number of anilines is 2. The van der Waals surface area contributed by atoms with E-state index in [0.29, 0.717) is 23.7 Å². The van der Waals surface area contributed by atoms with Gasteiger partial charge in [0.2, 0.25) is 5.91 Å². The van der Waals surface area contributed by atoms with E-state index in [1.54, 1.807) is 36.7 Å². The lowest BCUT2D eigenvalue weighted by Crippen LogP contribution is -2.44. The zero-order valence-electron chi connectivity index (χ0n) is 20.0. The van der Waals surface area contributed by atoms with E-state index in [4.69, 9.17) is 11.5 Å². The van der Waals surface area contributed by atoms with Crippen LogP contribution in [0.4, 0.5) is 11.4 Å². The molecule has 0 bridgehead atoms. The van der Waals surface area contributed by atoms with Crippen LogP contribution < -0.4 is 21.7 Å². The van der Waals surface area contributed by atoms with Gasteiger partial charge in [-0.1, -0.05) is 32.9 Å². The third-order valence-corrected chi connectivity index (χ3v) is 6.40. The normalized spacial score (nSPS) is 11.8. The van der Waals surface area contributed by atoms with Crippen molar-refractivity contribution in [2.45, 2.75) is 39.7 Å². The summed E-state index contributed by atoms with van der Waals surface area (Å²) in [5.74, 6) is -1.33. The molecule has 2 heterocycles. The van der Waals surface area contributed by atoms with E-state index in [1.165, 1.54) is 4.90 Å². The number of rotatable bonds is 10. The summed E-state index contributed by atoms with van der Waals surface area (Å²) in [6, 6.07) is 9.76. The largest absolute Gasteiger partial charge is 0.395 e. The maximum atomic E-state index is 13.9. The predicted molar refractivity (Wildman–Crippen MR) is 137 cm³/mol. The maximum absolute atomic E-state index is 13.9. The SMILES string of the molecule is CCc1ccc(N(C(=O)c2snc(C(N)=O)c2N)C(C(=O)NCCC(C)C)c2ccncc2)cc1. The first-order chi connectivity index (χ1) is 16.7. The van der Waals surface area contributed by atoms with Crippen LogP contribution in [0.5, 0.6) is 0 Å². The molecule has 0 radical (unpaired) electrons. The Labute approximate surface area is 208 Å². The molecule has 184 valence electrons. The standard InChI is InChI=1S/C25H30N6O3S/c1-4-16-5-7-18(8-6-16)31(25(34)22-19(26)20(23(27)32)30-35-22)21(17-10-12-28-13-11-17)24(33)29-14-9-15(2)3/h5-8,10-13,15,21H,4,9,14,26H2,1-3H3,(H2,27,32)(H,29,33). The summed E-state index contributed by atoms with van der Waals surface area (Å²) in [5, 5.41) is 2.96. The number of carbonyl (C=O) groups is 3. The van der Waals surface area contributed by atoms with Crippen molar-refractivity contribution in [3.05, 3.63) is 70.5 Å². The van der Waals surface area contributed by atoms with Crippen molar-refractivity contribution in [3.63, 3.8) is 0 Å². The van der Waals surface area contributed by atoms with Crippen molar-refractivity contribution in [2.75, 3.05) is 17.2 Å². The number of hydrogen-bond acceptors (Lipinski definition) is 7. The highest BCUT2D eigenvalue weighted by Crippen LogP contribution is 2.33. The Balaban J connectivity index is 2.13. The molecule has 5 N–H and O–H groups in total. The first kappa shape index (κ1) is 25.8. The van der Waals surface area contributed by atoms with Gasteiger partial charge in [0.25, 0.3) is 11.8 Å². The van der Waals surface area contributed by atoms with E-state index in [9.17, 15) is 14.4 Å². The Bertz CT molecular complexity index is 1180. The van der Waals surface area contributed by atoms with Gasteiger partial charge >= 0.3 is 0 Å². The van der Waals surface area contributed by atoms with Gasteiger partial charge < -0.3 is 16.8 Å². The van der Waals surface area contributed by atoms with Crippen LogP contribution in [0.25, 0.3) is 0 Å². The molecule has 3 rings (SSSR count). The minimum Gasteiger partial charge on any atom is -0.395 e. The Hall–Kier alpha value is -3.79. The molecule has 0 saturated heterocycles. The van der Waals surface area contributed by atoms with Crippen LogP contribution in [0.1, 0.15) is 64.5 Å². The summed E-state index contributed by atoms with van der Waals surface area (Å²) in [6.07, 6.45) is 4.75. The zero-order valence-corrected chi connectivity index (χ0v) is 20.8. The van der Waals surface area contributed by atoms with Gasteiger partial charge in [-0.15, -0.1) is 0 Å². The van der Waals surface area contributed by atoms with E-state index >= 15 is 0 Å². The lowest BCUT2D eigenvalue weighted by atomic mass is 10.0. The number of aromatic nitrogens is 2. The third-order valence-electron chi connectivity index (χ3n) is 5.55. The van der Waals surface area contributed by atoms with E-state index in [-0.39, 0.29) is 22.2 Å². The summed E-state index contributed by atoms with van der Waals surface area (Å²) in [4.78, 5) is 44.6. The van der Waals surface area contributed by atoms with Crippen LogP contribution in [0.15, 0.2) is 48.8 Å². The van der Waals surface area contributed by atoms with Crippen molar-refractivity contribution in [2.24, 2.45) is 11.7 Å². The molecule has 2 aromatic heterocycles. The van der Waals surface area contributed by atoms with Gasteiger partial charge in [-0.05, 0) is 65.7 Å². The monoisotopic (exact) mass is 494 g/mol. The highest BCUT2D eigenvalue weighted by molar-refractivity contribution is 7.09. The minimum absolute atomic E-state index is 0.0346. The molecule has 9 nitrogen and oxygen atoms in total. The van der Waals surface area contributed by atoms with Gasteiger partial charge in [0.05, 0.1) is 5.69 Å². The fraction of sp³-hybridized carbons (Fsp3) is 0.320. The first-order valence-electron chi connectivity index (χ1n) is 11.4. The molecule has 0 aliphatic rings. The van der Waals surface area contributed by atoms with Crippen molar-refractivity contribution in [1.82, 2.24) is 14.7 Å². The van der Waals surface area contributed by atoms with Crippen molar-refractivity contribution >= 4 is 40.6 Å². The number of aryl methyl sites for hydroxylation is 1. The summed E-state index contributed by atoms with van der Waals surface area (Å²) >= 11 is 0.778. The van der Waals surface area contributed by atoms with Gasteiger partial charge in [0.1, 0.15) is 10.9 Å². The first-order valence-corrected chi connectivity index (χ1v) is 12.2. The minimum atomic E-state index is -1.01.